The number of rotatable bonds is 9. The van der Waals surface area contributed by atoms with Crippen molar-refractivity contribution in [1.29, 1.82) is 0 Å². The van der Waals surface area contributed by atoms with Crippen molar-refractivity contribution in [2.45, 2.75) is 50.1 Å². The molecule has 6 nitrogen and oxygen atoms in total. The van der Waals surface area contributed by atoms with Crippen molar-refractivity contribution in [2.75, 3.05) is 19.0 Å². The average Bonchev–Trinajstić information content (AvgIpc) is 3.02. The summed E-state index contributed by atoms with van der Waals surface area (Å²) in [5.41, 5.74) is 2.01. The van der Waals surface area contributed by atoms with Crippen molar-refractivity contribution < 1.29 is 9.53 Å². The van der Waals surface area contributed by atoms with Crippen LogP contribution >= 0.6 is 11.8 Å². The van der Waals surface area contributed by atoms with Crippen LogP contribution in [0.25, 0.3) is 0 Å². The maximum Gasteiger partial charge on any atom is 0.237 e. The van der Waals surface area contributed by atoms with Gasteiger partial charge in [0, 0.05) is 25.9 Å². The number of ether oxygens (including phenoxy) is 1. The second kappa shape index (κ2) is 9.58. The van der Waals surface area contributed by atoms with Crippen molar-refractivity contribution in [1.82, 2.24) is 14.8 Å². The molecule has 0 bridgehead atoms. The molecule has 0 fully saturated rings. The predicted molar refractivity (Wildman–Crippen MR) is 101 cm³/mol. The largest absolute Gasteiger partial charge is 0.385 e. The van der Waals surface area contributed by atoms with Gasteiger partial charge in [0.05, 0.1) is 5.25 Å². The highest BCUT2D eigenvalue weighted by Crippen LogP contribution is 2.26. The van der Waals surface area contributed by atoms with Gasteiger partial charge in [-0.1, -0.05) is 43.8 Å². The molecule has 0 saturated heterocycles. The third-order valence-electron chi connectivity index (χ3n) is 3.82. The predicted octanol–water partition coefficient (Wildman–Crippen LogP) is 3.56. The minimum absolute atomic E-state index is 0.0375. The second-order valence-corrected chi connectivity index (χ2v) is 7.45. The van der Waals surface area contributed by atoms with Crippen LogP contribution < -0.4 is 5.32 Å². The first kappa shape index (κ1) is 19.5. The zero-order valence-corrected chi connectivity index (χ0v) is 16.0. The van der Waals surface area contributed by atoms with E-state index in [1.807, 2.05) is 35.8 Å². The Kier molecular flexibility index (Phi) is 7.46. The van der Waals surface area contributed by atoms with Crippen molar-refractivity contribution in [2.24, 2.45) is 0 Å². The van der Waals surface area contributed by atoms with Crippen molar-refractivity contribution in [3.8, 4) is 0 Å². The Morgan fingerprint density at radius 1 is 1.32 bits per heavy atom. The van der Waals surface area contributed by atoms with E-state index in [-0.39, 0.29) is 11.2 Å². The minimum atomic E-state index is -0.273. The van der Waals surface area contributed by atoms with Crippen molar-refractivity contribution in [3.05, 3.63) is 36.2 Å². The Morgan fingerprint density at radius 3 is 2.80 bits per heavy atom. The molecule has 2 aromatic rings. The molecule has 1 heterocycles. The SMILES string of the molecule is COCCCn1cnnc1SC(C)C(=O)Nc1ccccc1C(C)C. The normalized spacial score (nSPS) is 12.4. The molecule has 1 unspecified atom stereocenters. The number of nitrogens with zero attached hydrogens (tertiary/aromatic N) is 3. The lowest BCUT2D eigenvalue weighted by Gasteiger charge is -2.16. The molecule has 0 saturated carbocycles. The molecule has 0 spiro atoms. The van der Waals surface area contributed by atoms with Crippen LogP contribution in [0.2, 0.25) is 0 Å². The van der Waals surface area contributed by atoms with Crippen LogP contribution in [0.4, 0.5) is 5.69 Å². The number of hydrogen-bond acceptors (Lipinski definition) is 5. The highest BCUT2D eigenvalue weighted by Gasteiger charge is 2.19. The van der Waals surface area contributed by atoms with Crippen LogP contribution in [-0.2, 0) is 16.1 Å². The third kappa shape index (κ3) is 5.57. The first-order chi connectivity index (χ1) is 12.0. The quantitative estimate of drug-likeness (QED) is 0.546. The van der Waals surface area contributed by atoms with E-state index < -0.39 is 0 Å². The molecule has 136 valence electrons. The van der Waals surface area contributed by atoms with E-state index >= 15 is 0 Å². The Morgan fingerprint density at radius 2 is 2.08 bits per heavy atom. The van der Waals surface area contributed by atoms with E-state index in [9.17, 15) is 4.79 Å². The minimum Gasteiger partial charge on any atom is -0.385 e. The number of carbonyl (C=O) groups is 1. The third-order valence-corrected chi connectivity index (χ3v) is 4.91. The van der Waals surface area contributed by atoms with E-state index in [1.54, 1.807) is 13.4 Å². The van der Waals surface area contributed by atoms with Gasteiger partial charge in [-0.05, 0) is 30.9 Å². The summed E-state index contributed by atoms with van der Waals surface area (Å²) in [4.78, 5) is 12.6. The number of aromatic nitrogens is 3. The standard InChI is InChI=1S/C18H26N4O2S/c1-13(2)15-8-5-6-9-16(15)20-17(23)14(3)25-18-21-19-12-22(18)10-7-11-24-4/h5-6,8-9,12-14H,7,10-11H2,1-4H3,(H,20,23). The molecule has 2 rings (SSSR count). The molecule has 25 heavy (non-hydrogen) atoms. The number of para-hydroxylation sites is 1. The van der Waals surface area contributed by atoms with Gasteiger partial charge in [0.15, 0.2) is 5.16 Å². The van der Waals surface area contributed by atoms with Gasteiger partial charge < -0.3 is 14.6 Å². The zero-order chi connectivity index (χ0) is 18.2. The number of aryl methyl sites for hydroxylation is 1. The number of thioether (sulfide) groups is 1. The summed E-state index contributed by atoms with van der Waals surface area (Å²) in [6.07, 6.45) is 2.57. The molecule has 0 radical (unpaired) electrons. The molecule has 7 heteroatoms. The fourth-order valence-corrected chi connectivity index (χ4v) is 3.28. The van der Waals surface area contributed by atoms with E-state index in [0.29, 0.717) is 12.5 Å². The Labute approximate surface area is 153 Å². The first-order valence-electron chi connectivity index (χ1n) is 8.46. The first-order valence-corrected chi connectivity index (χ1v) is 9.34. The van der Waals surface area contributed by atoms with Gasteiger partial charge >= 0.3 is 0 Å². The Hall–Kier alpha value is -1.86. The van der Waals surface area contributed by atoms with Crippen molar-refractivity contribution in [3.63, 3.8) is 0 Å². The van der Waals surface area contributed by atoms with Crippen LogP contribution in [-0.4, -0.2) is 39.6 Å². The summed E-state index contributed by atoms with van der Waals surface area (Å²) >= 11 is 1.41. The molecule has 0 aliphatic rings. The van der Waals surface area contributed by atoms with E-state index in [4.69, 9.17) is 4.74 Å². The van der Waals surface area contributed by atoms with Crippen LogP contribution in [0.3, 0.4) is 0 Å². The molecular weight excluding hydrogens is 336 g/mol. The lowest BCUT2D eigenvalue weighted by atomic mass is 10.0. The number of nitrogens with one attached hydrogen (secondary N) is 1. The number of benzene rings is 1. The molecule has 0 aliphatic carbocycles. The lowest BCUT2D eigenvalue weighted by Crippen LogP contribution is -2.23. The topological polar surface area (TPSA) is 69.0 Å². The summed E-state index contributed by atoms with van der Waals surface area (Å²) in [6.45, 7) is 7.57. The fraction of sp³-hybridized carbons (Fsp3) is 0.500. The summed E-state index contributed by atoms with van der Waals surface area (Å²) in [6, 6.07) is 7.92. The van der Waals surface area contributed by atoms with Gasteiger partial charge in [0.25, 0.3) is 0 Å². The van der Waals surface area contributed by atoms with Gasteiger partial charge in [-0.25, -0.2) is 0 Å². The number of carbonyl (C=O) groups excluding carboxylic acids is 1. The van der Waals surface area contributed by atoms with Gasteiger partial charge in [0.2, 0.25) is 5.91 Å². The van der Waals surface area contributed by atoms with Gasteiger partial charge in [0.1, 0.15) is 6.33 Å². The number of methoxy groups -OCH3 is 1. The maximum absolute atomic E-state index is 12.6. The second-order valence-electron chi connectivity index (χ2n) is 6.14. The van der Waals surface area contributed by atoms with Gasteiger partial charge in [-0.2, -0.15) is 0 Å². The summed E-state index contributed by atoms with van der Waals surface area (Å²) < 4.78 is 7.02. The number of amides is 1. The molecule has 1 aromatic heterocycles. The van der Waals surface area contributed by atoms with Crippen LogP contribution in [0.1, 0.15) is 38.7 Å². The smallest absolute Gasteiger partial charge is 0.237 e. The van der Waals surface area contributed by atoms with Crippen LogP contribution in [0.5, 0.6) is 0 Å². The van der Waals surface area contributed by atoms with E-state index in [1.165, 1.54) is 11.8 Å². The monoisotopic (exact) mass is 362 g/mol. The Bertz CT molecular complexity index is 687. The average molecular weight is 362 g/mol. The van der Waals surface area contributed by atoms with Crippen LogP contribution in [0.15, 0.2) is 35.7 Å². The molecule has 1 N–H and O–H groups in total. The molecule has 1 atom stereocenters. The van der Waals surface area contributed by atoms with Gasteiger partial charge in [-0.3, -0.25) is 4.79 Å². The summed E-state index contributed by atoms with van der Waals surface area (Å²) in [5, 5.41) is 11.6. The lowest BCUT2D eigenvalue weighted by molar-refractivity contribution is -0.115. The number of anilines is 1. The highest BCUT2D eigenvalue weighted by atomic mass is 32.2. The zero-order valence-electron chi connectivity index (χ0n) is 15.2. The van der Waals surface area contributed by atoms with Crippen LogP contribution in [0, 0.1) is 0 Å². The highest BCUT2D eigenvalue weighted by molar-refractivity contribution is 8.00. The molecule has 0 aliphatic heterocycles. The Balaban J connectivity index is 1.98. The fourth-order valence-electron chi connectivity index (χ4n) is 2.43. The summed E-state index contributed by atoms with van der Waals surface area (Å²) in [5.74, 6) is 0.313. The molecule has 1 amide bonds. The van der Waals surface area contributed by atoms with Gasteiger partial charge in [-0.15, -0.1) is 10.2 Å². The molecular formula is C18H26N4O2S. The molecule has 1 aromatic carbocycles. The van der Waals surface area contributed by atoms with Crippen molar-refractivity contribution >= 4 is 23.4 Å². The maximum atomic E-state index is 12.6. The summed E-state index contributed by atoms with van der Waals surface area (Å²) in [7, 11) is 1.68. The van der Waals surface area contributed by atoms with E-state index in [2.05, 4.69) is 29.4 Å². The number of hydrogen-bond donors (Lipinski definition) is 1. The van der Waals surface area contributed by atoms with E-state index in [0.717, 1.165) is 29.4 Å².